The molecule has 0 aliphatic carbocycles. The van der Waals surface area contributed by atoms with Crippen molar-refractivity contribution >= 4 is 11.0 Å². The summed E-state index contributed by atoms with van der Waals surface area (Å²) in [5, 5.41) is 9.93. The number of aliphatic hydroxyl groups excluding tert-OH is 1. The van der Waals surface area contributed by atoms with E-state index in [-0.39, 0.29) is 0 Å². The summed E-state index contributed by atoms with van der Waals surface area (Å²) in [4.78, 5) is 4.51. The van der Waals surface area contributed by atoms with Crippen molar-refractivity contribution < 1.29 is 9.84 Å². The first kappa shape index (κ1) is 14.6. The Kier molecular flexibility index (Phi) is 4.11. The van der Waals surface area contributed by atoms with Crippen LogP contribution in [0.15, 0.2) is 48.5 Å². The molecule has 4 nitrogen and oxygen atoms in total. The normalized spacial score (nSPS) is 12.5. The van der Waals surface area contributed by atoms with Crippen LogP contribution in [0.5, 0.6) is 5.75 Å². The van der Waals surface area contributed by atoms with E-state index < -0.39 is 6.10 Å². The number of imidazole rings is 1. The molecule has 0 saturated carbocycles. The molecule has 1 atom stereocenters. The number of nitrogens with zero attached hydrogens (tertiary/aromatic N) is 2. The van der Waals surface area contributed by atoms with Gasteiger partial charge in [0.05, 0.1) is 17.6 Å². The van der Waals surface area contributed by atoms with Crippen LogP contribution >= 0.6 is 0 Å². The Bertz CT molecular complexity index is 778. The van der Waals surface area contributed by atoms with Gasteiger partial charge in [-0.15, -0.1) is 0 Å². The Balaban J connectivity index is 1.79. The summed E-state index contributed by atoms with van der Waals surface area (Å²) >= 11 is 0. The van der Waals surface area contributed by atoms with Gasteiger partial charge in [0, 0.05) is 0 Å². The van der Waals surface area contributed by atoms with Gasteiger partial charge in [0.15, 0.2) is 0 Å². The zero-order valence-electron chi connectivity index (χ0n) is 12.9. The fourth-order valence-corrected chi connectivity index (χ4v) is 2.61. The van der Waals surface area contributed by atoms with Crippen molar-refractivity contribution in [3.8, 4) is 5.75 Å². The monoisotopic (exact) mass is 296 g/mol. The largest absolute Gasteiger partial charge is 0.492 e. The lowest BCUT2D eigenvalue weighted by molar-refractivity contribution is 0.181. The van der Waals surface area contributed by atoms with E-state index in [0.29, 0.717) is 19.0 Å². The molecular weight excluding hydrogens is 276 g/mol. The van der Waals surface area contributed by atoms with Gasteiger partial charge in [0.2, 0.25) is 0 Å². The SMILES string of the molecule is Cc1cccc(OCCn2c(C(C)O)nc3ccccc32)c1. The molecule has 1 heterocycles. The van der Waals surface area contributed by atoms with E-state index >= 15 is 0 Å². The van der Waals surface area contributed by atoms with Gasteiger partial charge in [-0.25, -0.2) is 4.98 Å². The third-order valence-corrected chi connectivity index (χ3v) is 3.63. The Labute approximate surface area is 130 Å². The van der Waals surface area contributed by atoms with Gasteiger partial charge in [-0.1, -0.05) is 24.3 Å². The molecule has 4 heteroatoms. The van der Waals surface area contributed by atoms with Crippen molar-refractivity contribution in [2.75, 3.05) is 6.61 Å². The summed E-state index contributed by atoms with van der Waals surface area (Å²) in [6.07, 6.45) is -0.605. The zero-order valence-corrected chi connectivity index (χ0v) is 12.9. The Morgan fingerprint density at radius 3 is 2.77 bits per heavy atom. The predicted molar refractivity (Wildman–Crippen MR) is 87.0 cm³/mol. The Hall–Kier alpha value is -2.33. The highest BCUT2D eigenvalue weighted by Gasteiger charge is 2.14. The van der Waals surface area contributed by atoms with Crippen molar-refractivity contribution in [3.05, 3.63) is 59.9 Å². The van der Waals surface area contributed by atoms with Gasteiger partial charge in [-0.05, 0) is 43.7 Å². The van der Waals surface area contributed by atoms with Crippen LogP contribution in [0.3, 0.4) is 0 Å². The van der Waals surface area contributed by atoms with Gasteiger partial charge >= 0.3 is 0 Å². The van der Waals surface area contributed by atoms with Crippen LogP contribution in [0, 0.1) is 6.92 Å². The smallest absolute Gasteiger partial charge is 0.138 e. The van der Waals surface area contributed by atoms with Crippen molar-refractivity contribution in [1.29, 1.82) is 0 Å². The molecule has 114 valence electrons. The summed E-state index contributed by atoms with van der Waals surface area (Å²) in [6, 6.07) is 15.9. The molecule has 1 aromatic heterocycles. The first-order chi connectivity index (χ1) is 10.6. The number of ether oxygens (including phenoxy) is 1. The highest BCUT2D eigenvalue weighted by molar-refractivity contribution is 5.76. The Morgan fingerprint density at radius 1 is 1.18 bits per heavy atom. The molecule has 0 bridgehead atoms. The van der Waals surface area contributed by atoms with Crippen LogP contribution in [0.4, 0.5) is 0 Å². The van der Waals surface area contributed by atoms with Gasteiger partial charge in [0.1, 0.15) is 24.3 Å². The van der Waals surface area contributed by atoms with Crippen molar-refractivity contribution in [2.24, 2.45) is 0 Å². The topological polar surface area (TPSA) is 47.3 Å². The van der Waals surface area contributed by atoms with Gasteiger partial charge < -0.3 is 14.4 Å². The highest BCUT2D eigenvalue weighted by Crippen LogP contribution is 2.21. The maximum absolute atomic E-state index is 9.93. The molecule has 1 N–H and O–H groups in total. The number of hydrogen-bond donors (Lipinski definition) is 1. The number of fused-ring (bicyclic) bond motifs is 1. The van der Waals surface area contributed by atoms with Gasteiger partial charge in [-0.3, -0.25) is 0 Å². The maximum atomic E-state index is 9.93. The number of rotatable bonds is 5. The summed E-state index contributed by atoms with van der Waals surface area (Å²) in [5.41, 5.74) is 3.09. The van der Waals surface area contributed by atoms with E-state index in [0.717, 1.165) is 16.8 Å². The quantitative estimate of drug-likeness (QED) is 0.784. The second kappa shape index (κ2) is 6.20. The Morgan fingerprint density at radius 2 is 2.00 bits per heavy atom. The van der Waals surface area contributed by atoms with Crippen LogP contribution in [0.25, 0.3) is 11.0 Å². The van der Waals surface area contributed by atoms with Crippen LogP contribution in [-0.2, 0) is 6.54 Å². The van der Waals surface area contributed by atoms with Crippen LogP contribution < -0.4 is 4.74 Å². The molecule has 0 aliphatic heterocycles. The molecule has 0 saturated heterocycles. The number of aryl methyl sites for hydroxylation is 1. The lowest BCUT2D eigenvalue weighted by Gasteiger charge is -2.12. The molecule has 0 fully saturated rings. The molecule has 0 amide bonds. The maximum Gasteiger partial charge on any atom is 0.138 e. The molecule has 22 heavy (non-hydrogen) atoms. The molecule has 3 rings (SSSR count). The minimum Gasteiger partial charge on any atom is -0.492 e. The van der Waals surface area contributed by atoms with E-state index in [4.69, 9.17) is 4.74 Å². The number of aliphatic hydroxyl groups is 1. The first-order valence-electron chi connectivity index (χ1n) is 7.48. The van der Waals surface area contributed by atoms with Crippen molar-refractivity contribution in [3.63, 3.8) is 0 Å². The summed E-state index contributed by atoms with van der Waals surface area (Å²) in [7, 11) is 0. The average Bonchev–Trinajstić information content (AvgIpc) is 2.87. The first-order valence-corrected chi connectivity index (χ1v) is 7.48. The van der Waals surface area contributed by atoms with E-state index in [1.165, 1.54) is 5.56 Å². The third-order valence-electron chi connectivity index (χ3n) is 3.63. The molecule has 3 aromatic rings. The molecule has 1 unspecified atom stereocenters. The van der Waals surface area contributed by atoms with E-state index in [1.54, 1.807) is 6.92 Å². The van der Waals surface area contributed by atoms with Crippen LogP contribution in [0.2, 0.25) is 0 Å². The zero-order chi connectivity index (χ0) is 15.5. The number of aromatic nitrogens is 2. The van der Waals surface area contributed by atoms with Crippen molar-refractivity contribution in [2.45, 2.75) is 26.5 Å². The molecule has 0 radical (unpaired) electrons. The predicted octanol–water partition coefficient (Wildman–Crippen LogP) is 3.48. The minimum absolute atomic E-state index is 0.531. The highest BCUT2D eigenvalue weighted by atomic mass is 16.5. The second-order valence-corrected chi connectivity index (χ2v) is 5.45. The fraction of sp³-hybridized carbons (Fsp3) is 0.278. The van der Waals surface area contributed by atoms with Crippen LogP contribution in [0.1, 0.15) is 24.4 Å². The van der Waals surface area contributed by atoms with Gasteiger partial charge in [0.25, 0.3) is 0 Å². The molecular formula is C18H20N2O2. The lowest BCUT2D eigenvalue weighted by atomic mass is 10.2. The van der Waals surface area contributed by atoms with Crippen molar-refractivity contribution in [1.82, 2.24) is 9.55 Å². The van der Waals surface area contributed by atoms with Crippen LogP contribution in [-0.4, -0.2) is 21.3 Å². The number of hydrogen-bond acceptors (Lipinski definition) is 3. The van der Waals surface area contributed by atoms with E-state index in [1.807, 2.05) is 60.0 Å². The second-order valence-electron chi connectivity index (χ2n) is 5.45. The van der Waals surface area contributed by atoms with Gasteiger partial charge in [-0.2, -0.15) is 0 Å². The third kappa shape index (κ3) is 2.97. The standard InChI is InChI=1S/C18H20N2O2/c1-13-6-5-7-15(12-13)22-11-10-20-17-9-4-3-8-16(17)19-18(20)14(2)21/h3-9,12,14,21H,10-11H2,1-2H3. The number of para-hydroxylation sites is 2. The number of benzene rings is 2. The summed E-state index contributed by atoms with van der Waals surface area (Å²) in [6.45, 7) is 4.96. The fourth-order valence-electron chi connectivity index (χ4n) is 2.61. The molecule has 2 aromatic carbocycles. The minimum atomic E-state index is -0.605. The lowest BCUT2D eigenvalue weighted by Crippen LogP contribution is -2.12. The summed E-state index contributed by atoms with van der Waals surface area (Å²) < 4.78 is 7.84. The van der Waals surface area contributed by atoms with E-state index in [2.05, 4.69) is 4.98 Å². The molecule has 0 spiro atoms. The van der Waals surface area contributed by atoms with E-state index in [9.17, 15) is 5.11 Å². The average molecular weight is 296 g/mol. The molecule has 0 aliphatic rings. The summed E-state index contributed by atoms with van der Waals surface area (Å²) in [5.74, 6) is 1.54.